The van der Waals surface area contributed by atoms with E-state index in [1.54, 1.807) is 0 Å². The number of aromatic nitrogens is 2. The van der Waals surface area contributed by atoms with Crippen LogP contribution in [0.15, 0.2) is 42.5 Å². The Morgan fingerprint density at radius 2 is 1.88 bits per heavy atom. The molecule has 1 aliphatic rings. The van der Waals surface area contributed by atoms with E-state index in [0.29, 0.717) is 5.56 Å². The smallest absolute Gasteiger partial charge is 0.255 e. The number of halogens is 1. The molecule has 0 atom stereocenters. The number of likely N-dealkylation sites (tertiary alicyclic amines) is 1. The van der Waals surface area contributed by atoms with Gasteiger partial charge >= 0.3 is 0 Å². The van der Waals surface area contributed by atoms with Crippen molar-refractivity contribution in [3.8, 4) is 0 Å². The van der Waals surface area contributed by atoms with Crippen molar-refractivity contribution in [2.75, 3.05) is 18.4 Å². The van der Waals surface area contributed by atoms with Crippen LogP contribution in [0.5, 0.6) is 0 Å². The fourth-order valence-electron chi connectivity index (χ4n) is 3.35. The maximum Gasteiger partial charge on any atom is 0.255 e. The summed E-state index contributed by atoms with van der Waals surface area (Å²) < 4.78 is 1.11. The van der Waals surface area contributed by atoms with Gasteiger partial charge in [-0.1, -0.05) is 6.42 Å². The molecule has 134 valence electrons. The number of rotatable bonds is 4. The summed E-state index contributed by atoms with van der Waals surface area (Å²) >= 11 is 2.23. The standard InChI is InChI=1S/C20H21IN4O/c21-15-6-4-14(5-7-15)20(26)22-16-8-9-17-18(12-16)24-19(23-17)13-25-10-2-1-3-11-25/h4-9,12H,1-3,10-11,13H2,(H,22,26)(H,23,24). The third-order valence-electron chi connectivity index (χ3n) is 4.72. The van der Waals surface area contributed by atoms with Gasteiger partial charge in [0.2, 0.25) is 0 Å². The fraction of sp³-hybridized carbons (Fsp3) is 0.300. The maximum absolute atomic E-state index is 12.4. The van der Waals surface area contributed by atoms with E-state index in [1.807, 2.05) is 42.5 Å². The Morgan fingerprint density at radius 3 is 2.65 bits per heavy atom. The molecule has 6 heteroatoms. The van der Waals surface area contributed by atoms with Crippen LogP contribution in [0.4, 0.5) is 5.69 Å². The van der Waals surface area contributed by atoms with Gasteiger partial charge in [0, 0.05) is 14.8 Å². The molecular formula is C20H21IN4O. The van der Waals surface area contributed by atoms with E-state index in [0.717, 1.165) is 45.7 Å². The number of anilines is 1. The van der Waals surface area contributed by atoms with E-state index in [4.69, 9.17) is 0 Å². The molecule has 26 heavy (non-hydrogen) atoms. The van der Waals surface area contributed by atoms with Crippen molar-refractivity contribution in [1.82, 2.24) is 14.9 Å². The number of carbonyl (C=O) groups is 1. The molecule has 1 aromatic heterocycles. The lowest BCUT2D eigenvalue weighted by Gasteiger charge is -2.25. The summed E-state index contributed by atoms with van der Waals surface area (Å²) in [5, 5.41) is 2.96. The van der Waals surface area contributed by atoms with Crippen LogP contribution < -0.4 is 5.32 Å². The zero-order valence-electron chi connectivity index (χ0n) is 14.5. The first-order valence-electron chi connectivity index (χ1n) is 8.95. The van der Waals surface area contributed by atoms with Crippen molar-refractivity contribution in [2.45, 2.75) is 25.8 Å². The van der Waals surface area contributed by atoms with Crippen LogP contribution in [0.1, 0.15) is 35.4 Å². The molecule has 0 bridgehead atoms. The number of H-pyrrole nitrogens is 1. The third kappa shape index (κ3) is 4.07. The molecule has 0 radical (unpaired) electrons. The van der Waals surface area contributed by atoms with Crippen LogP contribution in [-0.4, -0.2) is 33.9 Å². The van der Waals surface area contributed by atoms with Crippen molar-refractivity contribution >= 4 is 45.2 Å². The van der Waals surface area contributed by atoms with Gasteiger partial charge in [-0.2, -0.15) is 0 Å². The minimum Gasteiger partial charge on any atom is -0.341 e. The first kappa shape index (κ1) is 17.5. The van der Waals surface area contributed by atoms with Crippen LogP contribution in [0.3, 0.4) is 0 Å². The molecule has 1 saturated heterocycles. The van der Waals surface area contributed by atoms with E-state index in [1.165, 1.54) is 19.3 Å². The quantitative estimate of drug-likeness (QED) is 0.568. The Balaban J connectivity index is 1.48. The van der Waals surface area contributed by atoms with Gasteiger partial charge in [-0.25, -0.2) is 4.98 Å². The third-order valence-corrected chi connectivity index (χ3v) is 5.44. The highest BCUT2D eigenvalue weighted by Gasteiger charge is 2.13. The van der Waals surface area contributed by atoms with E-state index >= 15 is 0 Å². The SMILES string of the molecule is O=C(Nc1ccc2nc(CN3CCCCC3)[nH]c2c1)c1ccc(I)cc1. The average Bonchev–Trinajstić information content (AvgIpc) is 3.04. The number of benzene rings is 2. The first-order chi connectivity index (χ1) is 12.7. The molecule has 2 N–H and O–H groups in total. The zero-order chi connectivity index (χ0) is 17.9. The molecule has 3 aromatic rings. The molecule has 0 spiro atoms. The van der Waals surface area contributed by atoms with Gasteiger partial charge in [0.15, 0.2) is 0 Å². The summed E-state index contributed by atoms with van der Waals surface area (Å²) in [5.74, 6) is 0.886. The Hall–Kier alpha value is -1.93. The van der Waals surface area contributed by atoms with Gasteiger partial charge in [0.25, 0.3) is 5.91 Å². The fourth-order valence-corrected chi connectivity index (χ4v) is 3.71. The molecule has 1 aliphatic heterocycles. The second kappa shape index (κ2) is 7.75. The lowest BCUT2D eigenvalue weighted by molar-refractivity contribution is 0.102. The lowest BCUT2D eigenvalue weighted by atomic mass is 10.1. The topological polar surface area (TPSA) is 61.0 Å². The minimum atomic E-state index is -0.103. The van der Waals surface area contributed by atoms with Gasteiger partial charge < -0.3 is 10.3 Å². The zero-order valence-corrected chi connectivity index (χ0v) is 16.6. The summed E-state index contributed by atoms with van der Waals surface area (Å²) in [6.07, 6.45) is 3.88. The number of hydrogen-bond acceptors (Lipinski definition) is 3. The maximum atomic E-state index is 12.4. The Morgan fingerprint density at radius 1 is 1.12 bits per heavy atom. The van der Waals surface area contributed by atoms with Crippen LogP contribution in [0.25, 0.3) is 11.0 Å². The summed E-state index contributed by atoms with van der Waals surface area (Å²) in [5.41, 5.74) is 3.32. The number of hydrogen-bond donors (Lipinski definition) is 2. The first-order valence-corrected chi connectivity index (χ1v) is 10.0. The molecule has 2 heterocycles. The second-order valence-corrected chi connectivity index (χ2v) is 7.96. The van der Waals surface area contributed by atoms with Crippen molar-refractivity contribution < 1.29 is 4.79 Å². The highest BCUT2D eigenvalue weighted by Crippen LogP contribution is 2.20. The molecule has 4 rings (SSSR count). The van der Waals surface area contributed by atoms with Gasteiger partial charge in [-0.15, -0.1) is 0 Å². The number of amides is 1. The molecule has 0 saturated carbocycles. The number of fused-ring (bicyclic) bond motifs is 1. The Labute approximate surface area is 166 Å². The number of aromatic amines is 1. The molecule has 0 unspecified atom stereocenters. The largest absolute Gasteiger partial charge is 0.341 e. The normalized spacial score (nSPS) is 15.3. The van der Waals surface area contributed by atoms with Gasteiger partial charge in [0.1, 0.15) is 5.82 Å². The van der Waals surface area contributed by atoms with Crippen molar-refractivity contribution in [3.05, 3.63) is 57.4 Å². The van der Waals surface area contributed by atoms with E-state index in [-0.39, 0.29) is 5.91 Å². The molecule has 2 aromatic carbocycles. The predicted molar refractivity (Wildman–Crippen MR) is 112 cm³/mol. The predicted octanol–water partition coefficient (Wildman–Crippen LogP) is 4.41. The van der Waals surface area contributed by atoms with Gasteiger partial charge in [0.05, 0.1) is 17.6 Å². The Kier molecular flexibility index (Phi) is 5.21. The van der Waals surface area contributed by atoms with E-state index < -0.39 is 0 Å². The summed E-state index contributed by atoms with van der Waals surface area (Å²) in [6, 6.07) is 13.3. The second-order valence-electron chi connectivity index (χ2n) is 6.71. The van der Waals surface area contributed by atoms with Crippen molar-refractivity contribution in [2.24, 2.45) is 0 Å². The number of piperidine rings is 1. The summed E-state index contributed by atoms with van der Waals surface area (Å²) in [4.78, 5) is 22.9. The molecule has 1 amide bonds. The highest BCUT2D eigenvalue weighted by molar-refractivity contribution is 14.1. The minimum absolute atomic E-state index is 0.103. The van der Waals surface area contributed by atoms with Crippen molar-refractivity contribution in [3.63, 3.8) is 0 Å². The monoisotopic (exact) mass is 460 g/mol. The molecular weight excluding hydrogens is 439 g/mol. The number of nitrogens with zero attached hydrogens (tertiary/aromatic N) is 2. The van der Waals surface area contributed by atoms with Crippen LogP contribution in [-0.2, 0) is 6.54 Å². The average molecular weight is 460 g/mol. The lowest BCUT2D eigenvalue weighted by Crippen LogP contribution is -2.29. The van der Waals surface area contributed by atoms with Crippen LogP contribution in [0, 0.1) is 3.57 Å². The van der Waals surface area contributed by atoms with Crippen molar-refractivity contribution in [1.29, 1.82) is 0 Å². The molecule has 5 nitrogen and oxygen atoms in total. The van der Waals surface area contributed by atoms with Gasteiger partial charge in [-0.3, -0.25) is 9.69 Å². The number of carbonyl (C=O) groups excluding carboxylic acids is 1. The van der Waals surface area contributed by atoms with Gasteiger partial charge in [-0.05, 0) is 91.0 Å². The molecule has 0 aliphatic carbocycles. The molecule has 1 fully saturated rings. The number of imidazole rings is 1. The van der Waals surface area contributed by atoms with E-state index in [9.17, 15) is 4.79 Å². The number of nitrogens with one attached hydrogen (secondary N) is 2. The van der Waals surface area contributed by atoms with Crippen LogP contribution in [0.2, 0.25) is 0 Å². The van der Waals surface area contributed by atoms with Crippen LogP contribution >= 0.6 is 22.6 Å². The summed E-state index contributed by atoms with van der Waals surface area (Å²) in [6.45, 7) is 3.15. The highest BCUT2D eigenvalue weighted by atomic mass is 127. The Bertz CT molecular complexity index is 913. The van der Waals surface area contributed by atoms with E-state index in [2.05, 4.69) is 42.8 Å². The summed E-state index contributed by atoms with van der Waals surface area (Å²) in [7, 11) is 0.